The molecule has 0 saturated carbocycles. The topological polar surface area (TPSA) is 97.0 Å². The molecule has 0 bridgehead atoms. The Labute approximate surface area is 266 Å². The van der Waals surface area contributed by atoms with Crippen LogP contribution in [0.15, 0.2) is 54.6 Å². The molecule has 2 fully saturated rings. The smallest absolute Gasteiger partial charge is 0.254 e. The summed E-state index contributed by atoms with van der Waals surface area (Å²) in [6.07, 6.45) is 2.47. The van der Waals surface area contributed by atoms with Crippen molar-refractivity contribution in [2.24, 2.45) is 5.92 Å². The third-order valence-corrected chi connectivity index (χ3v) is 9.54. The summed E-state index contributed by atoms with van der Waals surface area (Å²) in [7, 11) is 4.47. The monoisotopic (exact) mass is 632 g/mol. The Hall–Kier alpha value is -4.51. The van der Waals surface area contributed by atoms with Gasteiger partial charge in [-0.25, -0.2) is 13.8 Å². The number of hydrogen-bond donors (Lipinski definition) is 1. The Morgan fingerprint density at radius 3 is 2.33 bits per heavy atom. The van der Waals surface area contributed by atoms with Crippen molar-refractivity contribution in [3.05, 3.63) is 83.2 Å². The summed E-state index contributed by atoms with van der Waals surface area (Å²) >= 11 is 0. The molecule has 46 heavy (non-hydrogen) atoms. The molecule has 2 aliphatic heterocycles. The second-order valence-corrected chi connectivity index (χ2v) is 12.1. The number of aromatic amines is 1. The van der Waals surface area contributed by atoms with Crippen LogP contribution in [0.4, 0.5) is 8.78 Å². The number of H-pyrrole nitrogens is 1. The van der Waals surface area contributed by atoms with Gasteiger partial charge < -0.3 is 29.0 Å². The fourth-order valence-corrected chi connectivity index (χ4v) is 6.96. The van der Waals surface area contributed by atoms with E-state index in [-0.39, 0.29) is 24.2 Å². The normalized spacial score (nSPS) is 19.0. The number of carbonyl (C=O) groups excluding carboxylic acids is 2. The van der Waals surface area contributed by atoms with Crippen LogP contribution in [0.5, 0.6) is 17.2 Å². The average molecular weight is 633 g/mol. The number of halogens is 2. The maximum absolute atomic E-state index is 15.4. The molecule has 2 aliphatic rings. The van der Waals surface area contributed by atoms with Crippen LogP contribution in [0.3, 0.4) is 0 Å². The summed E-state index contributed by atoms with van der Waals surface area (Å²) in [4.78, 5) is 38.7. The van der Waals surface area contributed by atoms with Crippen molar-refractivity contribution in [2.45, 2.75) is 31.1 Å². The van der Waals surface area contributed by atoms with Gasteiger partial charge in [-0.3, -0.25) is 9.59 Å². The SMILES string of the molecule is COc1cc(C(=O)N2CCC(CCN3CCC(C(=O)c4nc5ccccc5[nH]4)CC3)(c3ccc(F)cc3F)C2)cc(OC)c1OC. The quantitative estimate of drug-likeness (QED) is 0.226. The van der Waals surface area contributed by atoms with Crippen molar-refractivity contribution >= 4 is 22.7 Å². The number of hydrogen-bond acceptors (Lipinski definition) is 7. The lowest BCUT2D eigenvalue weighted by Crippen LogP contribution is -2.41. The zero-order chi connectivity index (χ0) is 32.4. The fourth-order valence-electron chi connectivity index (χ4n) is 6.96. The van der Waals surface area contributed by atoms with Crippen molar-refractivity contribution in [1.82, 2.24) is 19.8 Å². The largest absolute Gasteiger partial charge is 0.493 e. The lowest BCUT2D eigenvalue weighted by Gasteiger charge is -2.36. The molecule has 2 saturated heterocycles. The third kappa shape index (κ3) is 6.03. The molecule has 0 aliphatic carbocycles. The minimum absolute atomic E-state index is 0.0254. The molecule has 1 aromatic heterocycles. The highest BCUT2D eigenvalue weighted by Gasteiger charge is 2.43. The van der Waals surface area contributed by atoms with Crippen LogP contribution in [-0.2, 0) is 5.41 Å². The second-order valence-electron chi connectivity index (χ2n) is 12.1. The van der Waals surface area contributed by atoms with E-state index in [4.69, 9.17) is 14.2 Å². The minimum Gasteiger partial charge on any atom is -0.493 e. The number of carbonyl (C=O) groups is 2. The lowest BCUT2D eigenvalue weighted by molar-refractivity contribution is 0.0777. The van der Waals surface area contributed by atoms with Crippen molar-refractivity contribution in [1.29, 1.82) is 0 Å². The van der Waals surface area contributed by atoms with Crippen LogP contribution in [0, 0.1) is 17.6 Å². The first-order chi connectivity index (χ1) is 22.2. The number of ketones is 1. The molecule has 0 radical (unpaired) electrons. The number of Topliss-reactive ketones (excluding diaryl/α,β-unsaturated/α-hetero) is 1. The number of amides is 1. The number of aromatic nitrogens is 2. The maximum atomic E-state index is 15.4. The standard InChI is InChI=1S/C35H38F2N4O5/c1-44-29-18-23(19-30(45-2)32(29)46-3)34(43)41-17-13-35(21-41,25-9-8-24(36)20-26(25)37)12-16-40-14-10-22(11-15-40)31(42)33-38-27-6-4-5-7-28(27)39-33/h4-9,18-20,22H,10-17,21H2,1-3H3,(H,38,39). The fraction of sp³-hybridized carbons (Fsp3) is 0.400. The van der Waals surface area contributed by atoms with Crippen molar-refractivity contribution < 1.29 is 32.6 Å². The van der Waals surface area contributed by atoms with Gasteiger partial charge >= 0.3 is 0 Å². The number of nitrogens with one attached hydrogen (secondary N) is 1. The Bertz CT molecular complexity index is 1690. The van der Waals surface area contributed by atoms with Crippen molar-refractivity contribution in [3.63, 3.8) is 0 Å². The van der Waals surface area contributed by atoms with E-state index in [9.17, 15) is 14.0 Å². The number of likely N-dealkylation sites (tertiary alicyclic amines) is 2. The van der Waals surface area contributed by atoms with E-state index in [2.05, 4.69) is 14.9 Å². The maximum Gasteiger partial charge on any atom is 0.254 e. The third-order valence-electron chi connectivity index (χ3n) is 9.54. The Morgan fingerprint density at radius 2 is 1.67 bits per heavy atom. The highest BCUT2D eigenvalue weighted by Crippen LogP contribution is 2.42. The molecular formula is C35H38F2N4O5. The molecule has 6 rings (SSSR count). The molecule has 242 valence electrons. The highest BCUT2D eigenvalue weighted by molar-refractivity contribution is 5.97. The van der Waals surface area contributed by atoms with Gasteiger partial charge in [0.25, 0.3) is 5.91 Å². The number of benzene rings is 3. The molecule has 3 aromatic carbocycles. The summed E-state index contributed by atoms with van der Waals surface area (Å²) < 4.78 is 45.6. The Kier molecular flexibility index (Phi) is 8.95. The summed E-state index contributed by atoms with van der Waals surface area (Å²) in [5.41, 5.74) is 1.67. The van der Waals surface area contributed by atoms with Crippen LogP contribution in [-0.4, -0.2) is 85.5 Å². The van der Waals surface area contributed by atoms with Gasteiger partial charge in [-0.05, 0) is 81.2 Å². The second kappa shape index (κ2) is 13.1. The van der Waals surface area contributed by atoms with Gasteiger partial charge in [0.15, 0.2) is 17.3 Å². The summed E-state index contributed by atoms with van der Waals surface area (Å²) in [5.74, 6) is -0.0931. The first-order valence-corrected chi connectivity index (χ1v) is 15.5. The van der Waals surface area contributed by atoms with E-state index in [1.165, 1.54) is 33.5 Å². The molecule has 1 N–H and O–H groups in total. The molecule has 9 nitrogen and oxygen atoms in total. The number of fused-ring (bicyclic) bond motifs is 1. The van der Waals surface area contributed by atoms with E-state index in [0.717, 1.165) is 17.1 Å². The first kappa shape index (κ1) is 31.5. The zero-order valence-corrected chi connectivity index (χ0v) is 26.3. The number of nitrogens with zero attached hydrogens (tertiary/aromatic N) is 3. The number of ether oxygens (including phenoxy) is 3. The minimum atomic E-state index is -0.713. The van der Waals surface area contributed by atoms with E-state index in [1.807, 2.05) is 24.3 Å². The average Bonchev–Trinajstić information content (AvgIpc) is 3.72. The van der Waals surface area contributed by atoms with Gasteiger partial charge in [0, 0.05) is 36.1 Å². The molecule has 3 heterocycles. The molecule has 1 amide bonds. The number of piperidine rings is 1. The lowest BCUT2D eigenvalue weighted by atomic mass is 9.76. The van der Waals surface area contributed by atoms with Crippen molar-refractivity contribution in [2.75, 3.05) is 54.1 Å². The number of rotatable bonds is 10. The summed E-state index contributed by atoms with van der Waals surface area (Å²) in [6, 6.07) is 14.5. The van der Waals surface area contributed by atoms with E-state index >= 15 is 4.39 Å². The molecule has 1 atom stereocenters. The predicted octanol–water partition coefficient (Wildman–Crippen LogP) is 5.64. The molecular weight excluding hydrogens is 594 g/mol. The van der Waals surface area contributed by atoms with Crippen molar-refractivity contribution in [3.8, 4) is 17.2 Å². The van der Waals surface area contributed by atoms with Crippen LogP contribution in [0.25, 0.3) is 11.0 Å². The van der Waals surface area contributed by atoms with E-state index in [1.54, 1.807) is 17.0 Å². The Morgan fingerprint density at radius 1 is 0.957 bits per heavy atom. The highest BCUT2D eigenvalue weighted by atomic mass is 19.1. The summed E-state index contributed by atoms with van der Waals surface area (Å²) in [6.45, 7) is 2.75. The van der Waals surface area contributed by atoms with E-state index < -0.39 is 17.0 Å². The Balaban J connectivity index is 1.16. The first-order valence-electron chi connectivity index (χ1n) is 15.5. The van der Waals surface area contributed by atoms with Gasteiger partial charge in [-0.1, -0.05) is 18.2 Å². The number of imidazole rings is 1. The number of methoxy groups -OCH3 is 3. The van der Waals surface area contributed by atoms with Gasteiger partial charge in [-0.2, -0.15) is 0 Å². The summed E-state index contributed by atoms with van der Waals surface area (Å²) in [5, 5.41) is 0. The van der Waals surface area contributed by atoms with Crippen LogP contribution in [0.2, 0.25) is 0 Å². The van der Waals surface area contributed by atoms with E-state index in [0.29, 0.717) is 86.1 Å². The van der Waals surface area contributed by atoms with Gasteiger partial charge in [-0.15, -0.1) is 0 Å². The molecule has 4 aromatic rings. The van der Waals surface area contributed by atoms with Gasteiger partial charge in [0.2, 0.25) is 11.5 Å². The number of para-hydroxylation sites is 2. The molecule has 11 heteroatoms. The van der Waals surface area contributed by atoms with Crippen LogP contribution >= 0.6 is 0 Å². The van der Waals surface area contributed by atoms with Gasteiger partial charge in [0.1, 0.15) is 11.6 Å². The van der Waals surface area contributed by atoms with Gasteiger partial charge in [0.05, 0.1) is 32.4 Å². The predicted molar refractivity (Wildman–Crippen MR) is 169 cm³/mol. The van der Waals surface area contributed by atoms with Crippen LogP contribution < -0.4 is 14.2 Å². The van der Waals surface area contributed by atoms with Crippen LogP contribution in [0.1, 0.15) is 52.2 Å². The molecule has 0 spiro atoms. The molecule has 1 unspecified atom stereocenters. The zero-order valence-electron chi connectivity index (χ0n) is 26.3.